The van der Waals surface area contributed by atoms with Crippen LogP contribution < -0.4 is 5.32 Å². The highest BCUT2D eigenvalue weighted by Crippen LogP contribution is 2.22. The van der Waals surface area contributed by atoms with Crippen molar-refractivity contribution in [2.24, 2.45) is 0 Å². The van der Waals surface area contributed by atoms with Crippen molar-refractivity contribution in [3.8, 4) is 6.07 Å². The number of thiophene rings is 1. The van der Waals surface area contributed by atoms with Gasteiger partial charge in [-0.1, -0.05) is 0 Å². The summed E-state index contributed by atoms with van der Waals surface area (Å²) in [5.74, 6) is 0. The Hall–Kier alpha value is -1.31. The van der Waals surface area contributed by atoms with Crippen LogP contribution in [0.1, 0.15) is 16.0 Å². The summed E-state index contributed by atoms with van der Waals surface area (Å²) in [4.78, 5) is 1.34. The maximum absolute atomic E-state index is 8.83. The van der Waals surface area contributed by atoms with Crippen molar-refractivity contribution in [1.82, 2.24) is 0 Å². The first-order valence-corrected chi connectivity index (χ1v) is 6.84. The normalized spacial score (nSPS) is 9.94. The molecule has 1 N–H and O–H groups in total. The molecule has 0 unspecified atom stereocenters. The number of aryl methyl sites for hydroxylation is 1. The van der Waals surface area contributed by atoms with Gasteiger partial charge in [-0.2, -0.15) is 5.26 Å². The summed E-state index contributed by atoms with van der Waals surface area (Å²) in [6.45, 7) is 2.93. The van der Waals surface area contributed by atoms with E-state index in [4.69, 9.17) is 5.26 Å². The SMILES string of the molecule is Cc1ccsc1CNc1ccc(C#N)c(Br)c1. The number of rotatable bonds is 3. The summed E-state index contributed by atoms with van der Waals surface area (Å²) < 4.78 is 0.827. The fourth-order valence-electron chi connectivity index (χ4n) is 1.48. The van der Waals surface area contributed by atoms with Crippen LogP contribution in [0.15, 0.2) is 34.1 Å². The van der Waals surface area contributed by atoms with Crippen molar-refractivity contribution in [2.45, 2.75) is 13.5 Å². The number of hydrogen-bond donors (Lipinski definition) is 1. The quantitative estimate of drug-likeness (QED) is 0.917. The number of nitrogens with zero attached hydrogens (tertiary/aromatic N) is 1. The number of nitrogens with one attached hydrogen (secondary N) is 1. The van der Waals surface area contributed by atoms with E-state index in [1.165, 1.54) is 10.4 Å². The molecule has 0 spiro atoms. The molecule has 0 saturated carbocycles. The summed E-state index contributed by atoms with van der Waals surface area (Å²) in [5.41, 5.74) is 2.99. The number of hydrogen-bond acceptors (Lipinski definition) is 3. The lowest BCUT2D eigenvalue weighted by atomic mass is 10.2. The fourth-order valence-corrected chi connectivity index (χ4v) is 2.80. The summed E-state index contributed by atoms with van der Waals surface area (Å²) in [7, 11) is 0. The number of nitriles is 1. The Balaban J connectivity index is 2.08. The second kappa shape index (κ2) is 5.35. The first-order valence-electron chi connectivity index (χ1n) is 5.17. The van der Waals surface area contributed by atoms with Gasteiger partial charge in [-0.05, 0) is 58.1 Å². The van der Waals surface area contributed by atoms with E-state index in [0.29, 0.717) is 5.56 Å². The zero-order valence-corrected chi connectivity index (χ0v) is 11.7. The molecule has 0 saturated heterocycles. The van der Waals surface area contributed by atoms with Gasteiger partial charge >= 0.3 is 0 Å². The van der Waals surface area contributed by atoms with E-state index >= 15 is 0 Å². The van der Waals surface area contributed by atoms with E-state index in [9.17, 15) is 0 Å². The molecule has 0 fully saturated rings. The summed E-state index contributed by atoms with van der Waals surface area (Å²) >= 11 is 5.13. The molecule has 1 heterocycles. The Morgan fingerprint density at radius 3 is 2.82 bits per heavy atom. The van der Waals surface area contributed by atoms with Crippen LogP contribution in [0.5, 0.6) is 0 Å². The number of halogens is 1. The van der Waals surface area contributed by atoms with Gasteiger partial charge in [0, 0.05) is 21.6 Å². The van der Waals surface area contributed by atoms with Crippen LogP contribution in [-0.2, 0) is 6.54 Å². The predicted molar refractivity (Wildman–Crippen MR) is 75.2 cm³/mol. The van der Waals surface area contributed by atoms with Crippen LogP contribution in [0, 0.1) is 18.3 Å². The minimum Gasteiger partial charge on any atom is -0.380 e. The molecule has 0 aliphatic rings. The lowest BCUT2D eigenvalue weighted by Crippen LogP contribution is -1.98. The average Bonchev–Trinajstić information content (AvgIpc) is 2.72. The van der Waals surface area contributed by atoms with Gasteiger partial charge < -0.3 is 5.32 Å². The fraction of sp³-hybridized carbons (Fsp3) is 0.154. The van der Waals surface area contributed by atoms with E-state index in [2.05, 4.69) is 45.7 Å². The van der Waals surface area contributed by atoms with Gasteiger partial charge in [-0.3, -0.25) is 0 Å². The van der Waals surface area contributed by atoms with E-state index in [0.717, 1.165) is 16.7 Å². The van der Waals surface area contributed by atoms with E-state index in [-0.39, 0.29) is 0 Å². The number of anilines is 1. The highest BCUT2D eigenvalue weighted by molar-refractivity contribution is 9.10. The molecular weight excluding hydrogens is 296 g/mol. The molecule has 0 amide bonds. The molecule has 0 aliphatic carbocycles. The molecule has 86 valence electrons. The molecule has 4 heteroatoms. The molecule has 2 nitrogen and oxygen atoms in total. The third-order valence-corrected chi connectivity index (χ3v) is 4.19. The van der Waals surface area contributed by atoms with E-state index < -0.39 is 0 Å². The highest BCUT2D eigenvalue weighted by atomic mass is 79.9. The summed E-state index contributed by atoms with van der Waals surface area (Å²) in [6, 6.07) is 9.92. The average molecular weight is 307 g/mol. The third-order valence-electron chi connectivity index (χ3n) is 2.51. The zero-order chi connectivity index (χ0) is 12.3. The lowest BCUT2D eigenvalue weighted by molar-refractivity contribution is 1.16. The van der Waals surface area contributed by atoms with Crippen molar-refractivity contribution in [2.75, 3.05) is 5.32 Å². The van der Waals surface area contributed by atoms with Crippen LogP contribution in [0.3, 0.4) is 0 Å². The van der Waals surface area contributed by atoms with Gasteiger partial charge in [-0.25, -0.2) is 0 Å². The standard InChI is InChI=1S/C13H11BrN2S/c1-9-4-5-17-13(9)8-16-11-3-2-10(7-15)12(14)6-11/h2-6,16H,8H2,1H3. The van der Waals surface area contributed by atoms with Crippen molar-refractivity contribution in [3.05, 3.63) is 50.1 Å². The monoisotopic (exact) mass is 306 g/mol. The smallest absolute Gasteiger partial charge is 0.100 e. The van der Waals surface area contributed by atoms with Crippen LogP contribution >= 0.6 is 27.3 Å². The number of benzene rings is 1. The Labute approximate surface area is 113 Å². The minimum atomic E-state index is 0.655. The molecule has 2 aromatic rings. The Bertz CT molecular complexity index is 569. The van der Waals surface area contributed by atoms with Gasteiger partial charge in [0.05, 0.1) is 5.56 Å². The summed E-state index contributed by atoms with van der Waals surface area (Å²) in [5, 5.41) is 14.3. The minimum absolute atomic E-state index is 0.655. The molecule has 0 bridgehead atoms. The third kappa shape index (κ3) is 2.87. The van der Waals surface area contributed by atoms with Gasteiger partial charge in [0.2, 0.25) is 0 Å². The predicted octanol–water partition coefficient (Wildman–Crippen LogP) is 4.30. The maximum Gasteiger partial charge on any atom is 0.100 e. The lowest BCUT2D eigenvalue weighted by Gasteiger charge is -2.07. The topological polar surface area (TPSA) is 35.8 Å². The second-order valence-corrected chi connectivity index (χ2v) is 5.54. The first-order chi connectivity index (χ1) is 8.20. The van der Waals surface area contributed by atoms with Gasteiger partial charge in [0.15, 0.2) is 0 Å². The van der Waals surface area contributed by atoms with Gasteiger partial charge in [-0.15, -0.1) is 11.3 Å². The highest BCUT2D eigenvalue weighted by Gasteiger charge is 2.02. The molecule has 2 rings (SSSR count). The Morgan fingerprint density at radius 1 is 1.41 bits per heavy atom. The molecule has 17 heavy (non-hydrogen) atoms. The molecule has 0 atom stereocenters. The largest absolute Gasteiger partial charge is 0.380 e. The van der Waals surface area contributed by atoms with Crippen molar-refractivity contribution in [3.63, 3.8) is 0 Å². The Kier molecular flexibility index (Phi) is 3.82. The molecule has 1 aromatic carbocycles. The zero-order valence-electron chi connectivity index (χ0n) is 9.33. The van der Waals surface area contributed by atoms with Crippen molar-refractivity contribution >= 4 is 33.0 Å². The van der Waals surface area contributed by atoms with E-state index in [1.54, 1.807) is 11.3 Å². The summed E-state index contributed by atoms with van der Waals surface area (Å²) in [6.07, 6.45) is 0. The van der Waals surface area contributed by atoms with Crippen LogP contribution in [0.4, 0.5) is 5.69 Å². The van der Waals surface area contributed by atoms with E-state index in [1.807, 2.05) is 18.2 Å². The Morgan fingerprint density at radius 2 is 2.24 bits per heavy atom. The van der Waals surface area contributed by atoms with Gasteiger partial charge in [0.25, 0.3) is 0 Å². The molecule has 1 aromatic heterocycles. The van der Waals surface area contributed by atoms with Gasteiger partial charge in [0.1, 0.15) is 6.07 Å². The van der Waals surface area contributed by atoms with Crippen molar-refractivity contribution < 1.29 is 0 Å². The molecule has 0 radical (unpaired) electrons. The van der Waals surface area contributed by atoms with Crippen molar-refractivity contribution in [1.29, 1.82) is 5.26 Å². The first kappa shape index (κ1) is 12.2. The molecule has 0 aliphatic heterocycles. The van der Waals surface area contributed by atoms with Crippen LogP contribution in [0.25, 0.3) is 0 Å². The van der Waals surface area contributed by atoms with Crippen LogP contribution in [-0.4, -0.2) is 0 Å². The van der Waals surface area contributed by atoms with Crippen LogP contribution in [0.2, 0.25) is 0 Å². The second-order valence-electron chi connectivity index (χ2n) is 3.69. The molecular formula is C13H11BrN2S. The maximum atomic E-state index is 8.83.